The topological polar surface area (TPSA) is 41.6 Å². The standard InChI is InChI=1S/C12H25N3/c1-11(13)12(2,3)9-14-10-15-7-5-4-6-8-15/h9,11H,4-8,10,13H2,1-3H3/b14-9-/t11-/m0/s1. The summed E-state index contributed by atoms with van der Waals surface area (Å²) in [4.78, 5) is 6.92. The Balaban J connectivity index is 2.31. The summed E-state index contributed by atoms with van der Waals surface area (Å²) >= 11 is 0. The van der Waals surface area contributed by atoms with Gasteiger partial charge in [0.15, 0.2) is 0 Å². The lowest BCUT2D eigenvalue weighted by Gasteiger charge is -2.26. The Morgan fingerprint density at radius 1 is 1.33 bits per heavy atom. The quantitative estimate of drug-likeness (QED) is 0.721. The zero-order valence-corrected chi connectivity index (χ0v) is 10.4. The summed E-state index contributed by atoms with van der Waals surface area (Å²) in [6, 6.07) is 0.155. The highest BCUT2D eigenvalue weighted by Gasteiger charge is 2.20. The third-order valence-electron chi connectivity index (χ3n) is 3.33. The van der Waals surface area contributed by atoms with Gasteiger partial charge in [0.25, 0.3) is 0 Å². The van der Waals surface area contributed by atoms with E-state index in [1.165, 1.54) is 32.4 Å². The van der Waals surface area contributed by atoms with Gasteiger partial charge < -0.3 is 5.73 Å². The molecule has 0 saturated carbocycles. The average molecular weight is 211 g/mol. The van der Waals surface area contributed by atoms with Crippen molar-refractivity contribution in [2.45, 2.75) is 46.1 Å². The van der Waals surface area contributed by atoms with Gasteiger partial charge in [-0.3, -0.25) is 9.89 Å². The van der Waals surface area contributed by atoms with E-state index in [1.807, 2.05) is 13.1 Å². The first-order valence-corrected chi connectivity index (χ1v) is 6.01. The molecule has 0 radical (unpaired) electrons. The first-order valence-electron chi connectivity index (χ1n) is 6.01. The minimum atomic E-state index is 0.00971. The van der Waals surface area contributed by atoms with Crippen LogP contribution in [-0.4, -0.2) is 36.9 Å². The van der Waals surface area contributed by atoms with Crippen LogP contribution in [0, 0.1) is 5.41 Å². The van der Waals surface area contributed by atoms with Crippen molar-refractivity contribution in [1.29, 1.82) is 0 Å². The maximum absolute atomic E-state index is 5.88. The number of likely N-dealkylation sites (tertiary alicyclic amines) is 1. The second kappa shape index (κ2) is 5.61. The Morgan fingerprint density at radius 3 is 2.47 bits per heavy atom. The van der Waals surface area contributed by atoms with Crippen LogP contribution in [0.25, 0.3) is 0 Å². The molecule has 1 saturated heterocycles. The highest BCUT2D eigenvalue weighted by atomic mass is 15.2. The van der Waals surface area contributed by atoms with E-state index in [1.54, 1.807) is 0 Å². The fraction of sp³-hybridized carbons (Fsp3) is 0.917. The summed E-state index contributed by atoms with van der Waals surface area (Å²) in [6.07, 6.45) is 6.05. The Labute approximate surface area is 93.7 Å². The average Bonchev–Trinajstić information content (AvgIpc) is 2.19. The maximum atomic E-state index is 5.88. The van der Waals surface area contributed by atoms with E-state index >= 15 is 0 Å². The molecule has 0 aliphatic carbocycles. The molecule has 0 aromatic rings. The molecule has 1 aliphatic rings. The molecule has 3 nitrogen and oxygen atoms in total. The van der Waals surface area contributed by atoms with Crippen LogP contribution in [0.2, 0.25) is 0 Å². The Bertz CT molecular complexity index is 203. The van der Waals surface area contributed by atoms with Gasteiger partial charge in [-0.15, -0.1) is 0 Å². The first kappa shape index (κ1) is 12.7. The lowest BCUT2D eigenvalue weighted by molar-refractivity contribution is 0.235. The van der Waals surface area contributed by atoms with E-state index < -0.39 is 0 Å². The van der Waals surface area contributed by atoms with E-state index in [0.717, 1.165) is 6.67 Å². The van der Waals surface area contributed by atoms with Gasteiger partial charge in [-0.05, 0) is 32.9 Å². The van der Waals surface area contributed by atoms with Gasteiger partial charge in [0, 0.05) is 17.7 Å². The molecule has 1 atom stereocenters. The van der Waals surface area contributed by atoms with Crippen LogP contribution in [-0.2, 0) is 0 Å². The van der Waals surface area contributed by atoms with Crippen LogP contribution in [0.5, 0.6) is 0 Å². The fourth-order valence-corrected chi connectivity index (χ4v) is 1.61. The Kier molecular flexibility index (Phi) is 4.74. The summed E-state index contributed by atoms with van der Waals surface area (Å²) in [6.45, 7) is 9.56. The summed E-state index contributed by atoms with van der Waals surface area (Å²) in [5.74, 6) is 0. The van der Waals surface area contributed by atoms with E-state index in [9.17, 15) is 0 Å². The highest BCUT2D eigenvalue weighted by molar-refractivity contribution is 5.65. The molecule has 1 rings (SSSR count). The molecule has 1 fully saturated rings. The third kappa shape index (κ3) is 4.31. The molecular weight excluding hydrogens is 186 g/mol. The van der Waals surface area contributed by atoms with Crippen LogP contribution in [0.15, 0.2) is 4.99 Å². The lowest BCUT2D eigenvalue weighted by Crippen LogP contribution is -2.36. The maximum Gasteiger partial charge on any atom is 0.0905 e. The van der Waals surface area contributed by atoms with E-state index in [0.29, 0.717) is 0 Å². The van der Waals surface area contributed by atoms with Gasteiger partial charge in [-0.1, -0.05) is 20.3 Å². The van der Waals surface area contributed by atoms with E-state index in [-0.39, 0.29) is 11.5 Å². The number of hydrogen-bond acceptors (Lipinski definition) is 3. The molecule has 0 bridgehead atoms. The van der Waals surface area contributed by atoms with Crippen molar-refractivity contribution in [3.05, 3.63) is 0 Å². The second-order valence-electron chi connectivity index (χ2n) is 5.24. The number of aliphatic imine (C=N–C) groups is 1. The van der Waals surface area contributed by atoms with Gasteiger partial charge in [0.05, 0.1) is 6.67 Å². The summed E-state index contributed by atoms with van der Waals surface area (Å²) in [7, 11) is 0. The largest absolute Gasteiger partial charge is 0.327 e. The van der Waals surface area contributed by atoms with Crippen LogP contribution in [0.1, 0.15) is 40.0 Å². The van der Waals surface area contributed by atoms with Crippen molar-refractivity contribution >= 4 is 6.21 Å². The molecule has 1 aliphatic heterocycles. The molecule has 0 amide bonds. The zero-order chi connectivity index (χ0) is 11.3. The predicted octanol–water partition coefficient (Wildman–Crippen LogP) is 1.87. The molecule has 0 aromatic heterocycles. The number of piperidine rings is 1. The first-order chi connectivity index (χ1) is 7.02. The molecule has 0 aromatic carbocycles. The molecule has 15 heavy (non-hydrogen) atoms. The molecular formula is C12H25N3. The van der Waals surface area contributed by atoms with Crippen molar-refractivity contribution in [1.82, 2.24) is 4.90 Å². The number of nitrogens with two attached hydrogens (primary N) is 1. The van der Waals surface area contributed by atoms with Crippen molar-refractivity contribution in [3.63, 3.8) is 0 Å². The second-order valence-corrected chi connectivity index (χ2v) is 5.24. The fourth-order valence-electron chi connectivity index (χ4n) is 1.61. The normalized spacial score (nSPS) is 22.1. The SMILES string of the molecule is C[C@H](N)C(C)(C)/C=N\CN1CCCCC1. The smallest absolute Gasteiger partial charge is 0.0905 e. The molecule has 2 N–H and O–H groups in total. The van der Waals surface area contributed by atoms with Gasteiger partial charge in [-0.25, -0.2) is 0 Å². The van der Waals surface area contributed by atoms with Gasteiger partial charge in [-0.2, -0.15) is 0 Å². The summed E-state index contributed by atoms with van der Waals surface area (Å²) in [5, 5.41) is 0. The van der Waals surface area contributed by atoms with Crippen molar-refractivity contribution < 1.29 is 0 Å². The molecule has 88 valence electrons. The van der Waals surface area contributed by atoms with Crippen molar-refractivity contribution in [3.8, 4) is 0 Å². The van der Waals surface area contributed by atoms with Gasteiger partial charge in [0.1, 0.15) is 0 Å². The molecule has 0 unspecified atom stereocenters. The molecule has 1 heterocycles. The van der Waals surface area contributed by atoms with Crippen LogP contribution >= 0.6 is 0 Å². The monoisotopic (exact) mass is 211 g/mol. The summed E-state index contributed by atoms with van der Waals surface area (Å²) < 4.78 is 0. The van der Waals surface area contributed by atoms with Crippen LogP contribution in [0.3, 0.4) is 0 Å². The number of hydrogen-bond donors (Lipinski definition) is 1. The predicted molar refractivity (Wildman–Crippen MR) is 66.2 cm³/mol. The number of rotatable bonds is 4. The zero-order valence-electron chi connectivity index (χ0n) is 10.4. The highest BCUT2D eigenvalue weighted by Crippen LogP contribution is 2.15. The minimum absolute atomic E-state index is 0.00971. The minimum Gasteiger partial charge on any atom is -0.327 e. The third-order valence-corrected chi connectivity index (χ3v) is 3.33. The molecule has 0 spiro atoms. The van der Waals surface area contributed by atoms with Crippen molar-refractivity contribution in [2.75, 3.05) is 19.8 Å². The summed E-state index contributed by atoms with van der Waals surface area (Å²) in [5.41, 5.74) is 5.89. The van der Waals surface area contributed by atoms with Gasteiger partial charge >= 0.3 is 0 Å². The van der Waals surface area contributed by atoms with E-state index in [4.69, 9.17) is 5.73 Å². The lowest BCUT2D eigenvalue weighted by atomic mass is 9.88. The Hall–Kier alpha value is -0.410. The van der Waals surface area contributed by atoms with Crippen LogP contribution < -0.4 is 5.73 Å². The Morgan fingerprint density at radius 2 is 1.93 bits per heavy atom. The van der Waals surface area contributed by atoms with E-state index in [2.05, 4.69) is 23.7 Å². The van der Waals surface area contributed by atoms with Crippen LogP contribution in [0.4, 0.5) is 0 Å². The number of nitrogens with zero attached hydrogens (tertiary/aromatic N) is 2. The van der Waals surface area contributed by atoms with Gasteiger partial charge in [0.2, 0.25) is 0 Å². The molecule has 3 heteroatoms. The van der Waals surface area contributed by atoms with Crippen molar-refractivity contribution in [2.24, 2.45) is 16.1 Å².